The van der Waals surface area contributed by atoms with E-state index in [0.717, 1.165) is 0 Å². The van der Waals surface area contributed by atoms with Crippen LogP contribution in [-0.4, -0.2) is 18.8 Å². The third kappa shape index (κ3) is 2.66. The zero-order chi connectivity index (χ0) is 12.3. The van der Waals surface area contributed by atoms with Crippen LogP contribution in [0.1, 0.15) is 5.56 Å². The van der Waals surface area contributed by atoms with E-state index in [1.807, 2.05) is 0 Å². The van der Waals surface area contributed by atoms with E-state index >= 15 is 0 Å². The zero-order valence-electron chi connectivity index (χ0n) is 8.14. The van der Waals surface area contributed by atoms with Crippen molar-refractivity contribution in [2.75, 3.05) is 7.11 Å². The van der Waals surface area contributed by atoms with Gasteiger partial charge in [-0.25, -0.2) is 0 Å². The Morgan fingerprint density at radius 2 is 2.06 bits per heavy atom. The number of methoxy groups -OCH3 is 1. The highest BCUT2D eigenvalue weighted by atomic mass is 35.5. The Morgan fingerprint density at radius 1 is 1.44 bits per heavy atom. The molecule has 0 aromatic heterocycles. The van der Waals surface area contributed by atoms with Gasteiger partial charge < -0.3 is 14.6 Å². The molecule has 0 bridgehead atoms. The summed E-state index contributed by atoms with van der Waals surface area (Å²) < 4.78 is 33.3. The molecule has 0 unspecified atom stereocenters. The lowest BCUT2D eigenvalue weighted by atomic mass is 10.2. The Hall–Kier alpha value is -0.780. The average Bonchev–Trinajstić information content (AvgIpc) is 2.23. The number of halogens is 4. The molecule has 1 aromatic rings. The van der Waals surface area contributed by atoms with Gasteiger partial charge in [-0.1, -0.05) is 23.2 Å². The molecule has 3 nitrogen and oxygen atoms in total. The standard InChI is InChI=1S/C9H8Cl2F2O3/c1-15-6-2-5(10)7(11)4(3-14)8(6)16-9(12)13/h2,9,14H,3H2,1H3. The molecule has 0 amide bonds. The lowest BCUT2D eigenvalue weighted by Crippen LogP contribution is -2.07. The highest BCUT2D eigenvalue weighted by Crippen LogP contribution is 2.41. The molecule has 0 fully saturated rings. The minimum absolute atomic E-state index is 0.0150. The largest absolute Gasteiger partial charge is 0.493 e. The number of aliphatic hydroxyl groups is 1. The summed E-state index contributed by atoms with van der Waals surface area (Å²) in [4.78, 5) is 0. The summed E-state index contributed by atoms with van der Waals surface area (Å²) in [5, 5.41) is 9.08. The van der Waals surface area contributed by atoms with Crippen LogP contribution in [0.2, 0.25) is 10.0 Å². The van der Waals surface area contributed by atoms with Crippen LogP contribution in [0.5, 0.6) is 11.5 Å². The summed E-state index contributed by atoms with van der Waals surface area (Å²) in [5.74, 6) is -0.326. The Balaban J connectivity index is 3.34. The summed E-state index contributed by atoms with van der Waals surface area (Å²) in [5.41, 5.74) is -0.0358. The molecule has 0 spiro atoms. The van der Waals surface area contributed by atoms with Gasteiger partial charge in [0, 0.05) is 11.6 Å². The predicted molar refractivity (Wildman–Crippen MR) is 55.6 cm³/mol. The van der Waals surface area contributed by atoms with Crippen LogP contribution in [0.4, 0.5) is 8.78 Å². The van der Waals surface area contributed by atoms with E-state index in [1.54, 1.807) is 0 Å². The van der Waals surface area contributed by atoms with Crippen molar-refractivity contribution in [3.05, 3.63) is 21.7 Å². The average molecular weight is 273 g/mol. The number of benzene rings is 1. The second-order valence-corrected chi connectivity index (χ2v) is 3.50. The van der Waals surface area contributed by atoms with Crippen molar-refractivity contribution >= 4 is 23.2 Å². The second-order valence-electron chi connectivity index (χ2n) is 2.72. The maximum atomic E-state index is 12.1. The SMILES string of the molecule is COc1cc(Cl)c(Cl)c(CO)c1OC(F)F. The lowest BCUT2D eigenvalue weighted by Gasteiger charge is -2.15. The van der Waals surface area contributed by atoms with Crippen molar-refractivity contribution in [1.82, 2.24) is 0 Å². The second kappa shape index (κ2) is 5.52. The van der Waals surface area contributed by atoms with Crippen LogP contribution in [0.3, 0.4) is 0 Å². The maximum absolute atomic E-state index is 12.1. The van der Waals surface area contributed by atoms with Crippen LogP contribution in [0, 0.1) is 0 Å². The van der Waals surface area contributed by atoms with Gasteiger partial charge in [-0.3, -0.25) is 0 Å². The monoisotopic (exact) mass is 272 g/mol. The molecule has 0 heterocycles. The minimum Gasteiger partial charge on any atom is -0.493 e. The normalized spacial score (nSPS) is 10.7. The van der Waals surface area contributed by atoms with E-state index in [0.29, 0.717) is 0 Å². The van der Waals surface area contributed by atoms with Gasteiger partial charge in [0.1, 0.15) is 0 Å². The van der Waals surface area contributed by atoms with E-state index in [-0.39, 0.29) is 27.1 Å². The van der Waals surface area contributed by atoms with Crippen LogP contribution in [0.25, 0.3) is 0 Å². The van der Waals surface area contributed by atoms with Gasteiger partial charge in [0.2, 0.25) is 0 Å². The fourth-order valence-corrected chi connectivity index (χ4v) is 1.56. The molecule has 0 saturated heterocycles. The first-order valence-electron chi connectivity index (χ1n) is 4.11. The fourth-order valence-electron chi connectivity index (χ4n) is 1.15. The number of hydrogen-bond donors (Lipinski definition) is 1. The molecule has 0 aliphatic rings. The summed E-state index contributed by atoms with van der Waals surface area (Å²) in [6, 6.07) is 1.24. The van der Waals surface area contributed by atoms with E-state index < -0.39 is 13.2 Å². The molecule has 0 saturated carbocycles. The van der Waals surface area contributed by atoms with Crippen LogP contribution >= 0.6 is 23.2 Å². The zero-order valence-corrected chi connectivity index (χ0v) is 9.65. The molecule has 0 atom stereocenters. The molecule has 90 valence electrons. The van der Waals surface area contributed by atoms with E-state index in [4.69, 9.17) is 33.0 Å². The Bertz CT molecular complexity index is 386. The first kappa shape index (κ1) is 13.3. The Morgan fingerprint density at radius 3 is 2.50 bits per heavy atom. The lowest BCUT2D eigenvalue weighted by molar-refractivity contribution is -0.0523. The van der Waals surface area contributed by atoms with Crippen molar-refractivity contribution in [1.29, 1.82) is 0 Å². The Labute approximate surface area is 100 Å². The van der Waals surface area contributed by atoms with Gasteiger partial charge in [0.05, 0.1) is 23.8 Å². The van der Waals surface area contributed by atoms with Crippen molar-refractivity contribution < 1.29 is 23.4 Å². The van der Waals surface area contributed by atoms with Gasteiger partial charge in [0.25, 0.3) is 0 Å². The van der Waals surface area contributed by atoms with E-state index in [1.165, 1.54) is 13.2 Å². The maximum Gasteiger partial charge on any atom is 0.387 e. The smallest absolute Gasteiger partial charge is 0.387 e. The molecule has 0 aliphatic carbocycles. The molecule has 1 N–H and O–H groups in total. The third-order valence-corrected chi connectivity index (χ3v) is 2.64. The van der Waals surface area contributed by atoms with E-state index in [2.05, 4.69) is 4.74 Å². The molecule has 1 aromatic carbocycles. The number of aliphatic hydroxyl groups excluding tert-OH is 1. The molecule has 7 heteroatoms. The van der Waals surface area contributed by atoms with Crippen LogP contribution in [-0.2, 0) is 6.61 Å². The highest BCUT2D eigenvalue weighted by molar-refractivity contribution is 6.42. The first-order valence-corrected chi connectivity index (χ1v) is 4.87. The van der Waals surface area contributed by atoms with Crippen molar-refractivity contribution in [2.45, 2.75) is 13.2 Å². The molecular formula is C9H8Cl2F2O3. The fraction of sp³-hybridized carbons (Fsp3) is 0.333. The van der Waals surface area contributed by atoms with Gasteiger partial charge in [-0.15, -0.1) is 0 Å². The topological polar surface area (TPSA) is 38.7 Å². The summed E-state index contributed by atoms with van der Waals surface area (Å²) >= 11 is 11.5. The predicted octanol–water partition coefficient (Wildman–Crippen LogP) is 3.10. The van der Waals surface area contributed by atoms with Gasteiger partial charge in [-0.05, 0) is 0 Å². The molecule has 0 radical (unpaired) electrons. The molecule has 1 rings (SSSR count). The van der Waals surface area contributed by atoms with Gasteiger partial charge in [-0.2, -0.15) is 8.78 Å². The minimum atomic E-state index is -3.04. The van der Waals surface area contributed by atoms with Gasteiger partial charge >= 0.3 is 6.61 Å². The number of alkyl halides is 2. The van der Waals surface area contributed by atoms with Crippen molar-refractivity contribution in [2.24, 2.45) is 0 Å². The van der Waals surface area contributed by atoms with Crippen LogP contribution in [0.15, 0.2) is 6.07 Å². The Kier molecular flexibility index (Phi) is 4.58. The number of rotatable bonds is 4. The first-order chi connectivity index (χ1) is 7.51. The molecular weight excluding hydrogens is 265 g/mol. The van der Waals surface area contributed by atoms with Crippen molar-refractivity contribution in [3.8, 4) is 11.5 Å². The van der Waals surface area contributed by atoms with Crippen molar-refractivity contribution in [3.63, 3.8) is 0 Å². The van der Waals surface area contributed by atoms with E-state index in [9.17, 15) is 8.78 Å². The number of ether oxygens (including phenoxy) is 2. The third-order valence-electron chi connectivity index (χ3n) is 1.82. The summed E-state index contributed by atoms with van der Waals surface area (Å²) in [6.45, 7) is -3.63. The number of hydrogen-bond acceptors (Lipinski definition) is 3. The molecule has 16 heavy (non-hydrogen) atoms. The van der Waals surface area contributed by atoms with Gasteiger partial charge in [0.15, 0.2) is 11.5 Å². The summed E-state index contributed by atoms with van der Waals surface area (Å²) in [7, 11) is 1.26. The highest BCUT2D eigenvalue weighted by Gasteiger charge is 2.20. The quantitative estimate of drug-likeness (QED) is 0.916. The molecule has 0 aliphatic heterocycles. The van der Waals surface area contributed by atoms with Crippen LogP contribution < -0.4 is 9.47 Å². The summed E-state index contributed by atoms with van der Waals surface area (Å²) in [6.07, 6.45) is 0.